The lowest BCUT2D eigenvalue weighted by atomic mass is 9.61. The predicted octanol–water partition coefficient (Wildman–Crippen LogP) is 6.75. The third-order valence-corrected chi connectivity index (χ3v) is 12.1. The molecule has 1 aliphatic carbocycles. The molecule has 1 saturated carbocycles. The Kier molecular flexibility index (Phi) is 10.2. The van der Waals surface area contributed by atoms with Gasteiger partial charge in [-0.25, -0.2) is 4.79 Å². The van der Waals surface area contributed by atoms with Crippen molar-refractivity contribution in [3.63, 3.8) is 0 Å². The fourth-order valence-electron chi connectivity index (χ4n) is 7.25. The van der Waals surface area contributed by atoms with Crippen molar-refractivity contribution in [2.75, 3.05) is 50.1 Å². The van der Waals surface area contributed by atoms with Crippen LogP contribution >= 0.6 is 22.7 Å². The highest BCUT2D eigenvalue weighted by molar-refractivity contribution is 7.12. The molecule has 2 aliphatic heterocycles. The number of anilines is 2. The first-order valence-corrected chi connectivity index (χ1v) is 18.7. The van der Waals surface area contributed by atoms with E-state index in [2.05, 4.69) is 10.2 Å². The van der Waals surface area contributed by atoms with E-state index in [0.717, 1.165) is 44.3 Å². The van der Waals surface area contributed by atoms with E-state index in [1.165, 1.54) is 22.7 Å². The summed E-state index contributed by atoms with van der Waals surface area (Å²) < 4.78 is 17.6. The van der Waals surface area contributed by atoms with Gasteiger partial charge in [0.2, 0.25) is 11.5 Å². The maximum atomic E-state index is 13.2. The van der Waals surface area contributed by atoms with E-state index >= 15 is 0 Å². The van der Waals surface area contributed by atoms with Gasteiger partial charge in [0.05, 0.1) is 29.1 Å². The average Bonchev–Trinajstić information content (AvgIpc) is 3.94. The number of thiophene rings is 2. The summed E-state index contributed by atoms with van der Waals surface area (Å²) in [4.78, 5) is 44.4. The number of rotatable bonds is 12. The van der Waals surface area contributed by atoms with Crippen LogP contribution in [0, 0.1) is 5.41 Å². The molecule has 3 fully saturated rings. The summed E-state index contributed by atoms with van der Waals surface area (Å²) in [6, 6.07) is 21.9. The first-order chi connectivity index (χ1) is 24.2. The monoisotopic (exact) mass is 715 g/mol. The second-order valence-corrected chi connectivity index (χ2v) is 15.2. The smallest absolute Gasteiger partial charge is 0.347 e. The lowest BCUT2D eigenvalue weighted by molar-refractivity contribution is -0.190. The molecule has 50 heavy (non-hydrogen) atoms. The highest BCUT2D eigenvalue weighted by Crippen LogP contribution is 2.53. The van der Waals surface area contributed by atoms with Crippen molar-refractivity contribution in [1.29, 1.82) is 0 Å². The molecule has 7 rings (SSSR count). The molecule has 2 aromatic heterocycles. The largest absolute Gasteiger partial charge is 0.479 e. The molecular formula is C38H41N3O7S2. The van der Waals surface area contributed by atoms with E-state index in [9.17, 15) is 19.5 Å². The number of piperidine rings is 1. The third kappa shape index (κ3) is 7.14. The van der Waals surface area contributed by atoms with E-state index in [0.29, 0.717) is 52.9 Å². The van der Waals surface area contributed by atoms with Gasteiger partial charge in [-0.05, 0) is 97.4 Å². The first kappa shape index (κ1) is 34.5. The SMILES string of the molecule is CN(C(=O)CCN1CCC2(CC1)CC(OC(C(=O)O)(c1cccs1)c1cccs1)C2)c1cccc(C(=O)Nc2ccc(C3OCCO3)cc2)c1. The normalized spacial score (nSPS) is 18.2. The quantitative estimate of drug-likeness (QED) is 0.166. The molecule has 1 spiro atoms. The molecule has 2 aromatic carbocycles. The summed E-state index contributed by atoms with van der Waals surface area (Å²) in [5, 5.41) is 17.2. The van der Waals surface area contributed by atoms with Gasteiger partial charge in [-0.3, -0.25) is 9.59 Å². The number of nitrogens with one attached hydrogen (secondary N) is 1. The van der Waals surface area contributed by atoms with Crippen LogP contribution in [-0.2, 0) is 29.4 Å². The van der Waals surface area contributed by atoms with Crippen molar-refractivity contribution in [1.82, 2.24) is 4.90 Å². The van der Waals surface area contributed by atoms with Gasteiger partial charge >= 0.3 is 5.97 Å². The number of benzene rings is 2. The topological polar surface area (TPSA) is 118 Å². The second kappa shape index (κ2) is 14.7. The number of carboxylic acid groups (broad SMARTS) is 1. The minimum atomic E-state index is -1.47. The minimum absolute atomic E-state index is 0.0148. The lowest BCUT2D eigenvalue weighted by Crippen LogP contribution is -2.53. The van der Waals surface area contributed by atoms with Crippen molar-refractivity contribution in [3.8, 4) is 0 Å². The number of amides is 2. The number of hydrogen-bond acceptors (Lipinski definition) is 9. The molecule has 4 aromatic rings. The maximum absolute atomic E-state index is 13.2. The summed E-state index contributed by atoms with van der Waals surface area (Å²) in [7, 11) is 1.74. The van der Waals surface area contributed by atoms with E-state index in [1.54, 1.807) is 30.1 Å². The van der Waals surface area contributed by atoms with Crippen molar-refractivity contribution >= 4 is 51.8 Å². The summed E-state index contributed by atoms with van der Waals surface area (Å²) in [6.45, 7) is 3.58. The van der Waals surface area contributed by atoms with Crippen LogP contribution < -0.4 is 10.2 Å². The van der Waals surface area contributed by atoms with Crippen LogP contribution in [0.2, 0.25) is 0 Å². The number of carboxylic acids is 1. The Hall–Kier alpha value is -3.91. The zero-order valence-electron chi connectivity index (χ0n) is 27.9. The molecule has 2 N–H and O–H groups in total. The number of carbonyl (C=O) groups is 3. The standard InChI is InChI=1S/C38H41N3O7S2/c1-40(29-6-2-5-27(23-29)34(43)39-28-11-9-26(10-12-28)35-46-19-20-47-35)33(42)13-16-41-17-14-37(15-18-41)24-30(25-37)48-38(36(44)45,31-7-3-21-49-31)32-8-4-22-50-32/h2-12,21-23,30,35H,13-20,24-25H2,1H3,(H,39,43)(H,44,45). The molecule has 0 atom stereocenters. The molecule has 12 heteroatoms. The Morgan fingerprint density at radius 1 is 0.960 bits per heavy atom. The third-order valence-electron chi connectivity index (χ3n) is 10.2. The Morgan fingerprint density at radius 2 is 1.62 bits per heavy atom. The van der Waals surface area contributed by atoms with Gasteiger partial charge in [-0.2, -0.15) is 0 Å². The molecule has 3 aliphatic rings. The Labute approximate surface area is 299 Å². The highest BCUT2D eigenvalue weighted by Gasteiger charge is 2.53. The van der Waals surface area contributed by atoms with Gasteiger partial charge in [-0.15, -0.1) is 22.7 Å². The summed E-state index contributed by atoms with van der Waals surface area (Å²) in [5.74, 6) is -1.25. The Bertz CT molecular complexity index is 1740. The van der Waals surface area contributed by atoms with Crippen LogP contribution in [0.5, 0.6) is 0 Å². The molecule has 0 bridgehead atoms. The van der Waals surface area contributed by atoms with E-state index in [1.807, 2.05) is 65.4 Å². The number of ether oxygens (including phenoxy) is 3. The van der Waals surface area contributed by atoms with Gasteiger partial charge in [0.15, 0.2) is 6.29 Å². The van der Waals surface area contributed by atoms with Crippen LogP contribution in [0.4, 0.5) is 11.4 Å². The fourth-order valence-corrected chi connectivity index (χ4v) is 9.06. The molecule has 10 nitrogen and oxygen atoms in total. The lowest BCUT2D eigenvalue weighted by Gasteiger charge is -2.53. The first-order valence-electron chi connectivity index (χ1n) is 17.0. The van der Waals surface area contributed by atoms with Gasteiger partial charge in [0.1, 0.15) is 0 Å². The average molecular weight is 716 g/mol. The van der Waals surface area contributed by atoms with E-state index in [4.69, 9.17) is 14.2 Å². The summed E-state index contributed by atoms with van der Waals surface area (Å²) >= 11 is 2.83. The second-order valence-electron chi connectivity index (χ2n) is 13.3. The highest BCUT2D eigenvalue weighted by atomic mass is 32.1. The van der Waals surface area contributed by atoms with E-state index < -0.39 is 11.6 Å². The van der Waals surface area contributed by atoms with Crippen molar-refractivity contribution in [2.45, 2.75) is 50.1 Å². The Morgan fingerprint density at radius 3 is 2.22 bits per heavy atom. The molecular weight excluding hydrogens is 675 g/mol. The number of aliphatic carboxylic acids is 1. The fraction of sp³-hybridized carbons (Fsp3) is 0.395. The van der Waals surface area contributed by atoms with Crippen molar-refractivity contribution in [2.24, 2.45) is 5.41 Å². The predicted molar refractivity (Wildman–Crippen MR) is 193 cm³/mol. The Balaban J connectivity index is 0.879. The number of hydrogen-bond donors (Lipinski definition) is 2. The maximum Gasteiger partial charge on any atom is 0.347 e. The molecule has 262 valence electrons. The summed E-state index contributed by atoms with van der Waals surface area (Å²) in [5.41, 5.74) is 1.36. The number of carbonyl (C=O) groups excluding carboxylic acids is 2. The van der Waals surface area contributed by atoms with Crippen LogP contribution in [0.3, 0.4) is 0 Å². The molecule has 0 radical (unpaired) electrons. The number of likely N-dealkylation sites (tertiary alicyclic amines) is 1. The molecule has 0 unspecified atom stereocenters. The van der Waals surface area contributed by atoms with Crippen molar-refractivity contribution in [3.05, 3.63) is 104 Å². The van der Waals surface area contributed by atoms with Gasteiger partial charge in [0.25, 0.3) is 5.91 Å². The van der Waals surface area contributed by atoms with Gasteiger partial charge < -0.3 is 34.4 Å². The van der Waals surface area contributed by atoms with Crippen LogP contribution in [0.15, 0.2) is 83.6 Å². The van der Waals surface area contributed by atoms with Gasteiger partial charge in [0, 0.05) is 42.5 Å². The zero-order valence-corrected chi connectivity index (χ0v) is 29.5. The minimum Gasteiger partial charge on any atom is -0.479 e. The van der Waals surface area contributed by atoms with Crippen LogP contribution in [-0.4, -0.2) is 73.8 Å². The molecule has 2 amide bonds. The van der Waals surface area contributed by atoms with Crippen LogP contribution in [0.1, 0.15) is 64.1 Å². The van der Waals surface area contributed by atoms with Crippen LogP contribution in [0.25, 0.3) is 0 Å². The molecule has 2 saturated heterocycles. The van der Waals surface area contributed by atoms with E-state index in [-0.39, 0.29) is 29.6 Å². The molecule has 4 heterocycles. The zero-order chi connectivity index (χ0) is 34.7. The number of nitrogens with zero attached hydrogens (tertiary/aromatic N) is 2. The van der Waals surface area contributed by atoms with Crippen molar-refractivity contribution < 1.29 is 33.7 Å². The van der Waals surface area contributed by atoms with Gasteiger partial charge in [-0.1, -0.05) is 30.3 Å². The summed E-state index contributed by atoms with van der Waals surface area (Å²) in [6.07, 6.45) is 3.56.